The number of carbonyl (C=O) groups is 3. The van der Waals surface area contributed by atoms with Gasteiger partial charge in [-0.15, -0.1) is 0 Å². The Hall–Kier alpha value is -3.15. The molecule has 0 bridgehead atoms. The van der Waals surface area contributed by atoms with Crippen LogP contribution >= 0.6 is 0 Å². The Balaban J connectivity index is 1.76. The Labute approximate surface area is 190 Å². The average Bonchev–Trinajstić information content (AvgIpc) is 3.32. The molecule has 6 heteroatoms. The normalized spacial score (nSPS) is 15.3. The van der Waals surface area contributed by atoms with E-state index in [9.17, 15) is 14.4 Å². The predicted molar refractivity (Wildman–Crippen MR) is 125 cm³/mol. The largest absolute Gasteiger partial charge is 0.342 e. The molecule has 0 spiro atoms. The molecule has 2 atom stereocenters. The van der Waals surface area contributed by atoms with E-state index in [0.29, 0.717) is 12.0 Å². The molecule has 1 aliphatic heterocycles. The number of amides is 3. The van der Waals surface area contributed by atoms with Crippen LogP contribution in [0.5, 0.6) is 0 Å². The van der Waals surface area contributed by atoms with Crippen LogP contribution in [0.2, 0.25) is 0 Å². The smallest absolute Gasteiger partial charge is 0.252 e. The first kappa shape index (κ1) is 23.5. The second-order valence-corrected chi connectivity index (χ2v) is 8.79. The van der Waals surface area contributed by atoms with Gasteiger partial charge in [0.05, 0.1) is 0 Å². The number of nitrogens with one attached hydrogen (secondary N) is 2. The highest BCUT2D eigenvalue weighted by Gasteiger charge is 2.32. The molecule has 2 unspecified atom stereocenters. The number of benzene rings is 2. The number of hydrogen-bond acceptors (Lipinski definition) is 3. The number of aryl methyl sites for hydroxylation is 1. The van der Waals surface area contributed by atoms with Crippen molar-refractivity contribution < 1.29 is 14.4 Å². The predicted octanol–water partition coefficient (Wildman–Crippen LogP) is 3.10. The van der Waals surface area contributed by atoms with Gasteiger partial charge in [0.25, 0.3) is 5.91 Å². The fourth-order valence-corrected chi connectivity index (χ4v) is 4.05. The summed E-state index contributed by atoms with van der Waals surface area (Å²) in [4.78, 5) is 41.1. The molecule has 32 heavy (non-hydrogen) atoms. The third-order valence-electron chi connectivity index (χ3n) is 5.94. The average molecular weight is 436 g/mol. The van der Waals surface area contributed by atoms with Gasteiger partial charge in [-0.2, -0.15) is 0 Å². The summed E-state index contributed by atoms with van der Waals surface area (Å²) in [7, 11) is 0. The van der Waals surface area contributed by atoms with E-state index in [1.54, 1.807) is 12.1 Å². The van der Waals surface area contributed by atoms with Crippen LogP contribution in [0.25, 0.3) is 0 Å². The summed E-state index contributed by atoms with van der Waals surface area (Å²) in [5, 5.41) is 5.83. The summed E-state index contributed by atoms with van der Waals surface area (Å²) < 4.78 is 0. The number of nitrogens with zero attached hydrogens (tertiary/aromatic N) is 1. The lowest BCUT2D eigenvalue weighted by Crippen LogP contribution is -2.56. The molecule has 0 aromatic heterocycles. The van der Waals surface area contributed by atoms with Crippen LogP contribution in [0.1, 0.15) is 48.2 Å². The van der Waals surface area contributed by atoms with Crippen molar-refractivity contribution in [3.63, 3.8) is 0 Å². The molecule has 2 aromatic carbocycles. The topological polar surface area (TPSA) is 78.5 Å². The van der Waals surface area contributed by atoms with Gasteiger partial charge in [0, 0.05) is 25.1 Å². The van der Waals surface area contributed by atoms with Crippen molar-refractivity contribution in [3.8, 4) is 0 Å². The van der Waals surface area contributed by atoms with Gasteiger partial charge in [0.15, 0.2) is 0 Å². The molecule has 1 saturated heterocycles. The fraction of sp³-hybridized carbons (Fsp3) is 0.423. The number of carbonyl (C=O) groups excluding carboxylic acids is 3. The summed E-state index contributed by atoms with van der Waals surface area (Å²) in [6.07, 6.45) is 2.39. The molecule has 1 aliphatic rings. The van der Waals surface area contributed by atoms with Crippen LogP contribution in [-0.2, 0) is 16.0 Å². The highest BCUT2D eigenvalue weighted by atomic mass is 16.2. The first-order valence-electron chi connectivity index (χ1n) is 11.4. The Morgan fingerprint density at radius 1 is 0.906 bits per heavy atom. The fourth-order valence-electron chi connectivity index (χ4n) is 4.05. The molecule has 3 amide bonds. The lowest BCUT2D eigenvalue weighted by atomic mass is 10.00. The van der Waals surface area contributed by atoms with Gasteiger partial charge in [-0.3, -0.25) is 14.4 Å². The van der Waals surface area contributed by atoms with Gasteiger partial charge in [-0.25, -0.2) is 0 Å². The highest BCUT2D eigenvalue weighted by molar-refractivity contribution is 5.99. The zero-order chi connectivity index (χ0) is 23.1. The van der Waals surface area contributed by atoms with Crippen LogP contribution in [0.3, 0.4) is 0 Å². The third kappa shape index (κ3) is 5.96. The second kappa shape index (κ2) is 10.9. The molecule has 1 fully saturated rings. The number of likely N-dealkylation sites (tertiary alicyclic amines) is 1. The standard InChI is InChI=1S/C26H33N3O3/c1-18(2)23(28-24(30)21-14-8-7-11-19(21)3)25(31)27-22(17-20-12-5-4-6-13-20)26(32)29-15-9-10-16-29/h4-8,11-14,18,22-23H,9-10,15-17H2,1-3H3,(H,27,31)(H,28,30). The van der Waals surface area contributed by atoms with Crippen LogP contribution in [0.15, 0.2) is 54.6 Å². The molecule has 1 heterocycles. The molecule has 0 saturated carbocycles. The molecule has 0 radical (unpaired) electrons. The van der Waals surface area contributed by atoms with Crippen LogP contribution < -0.4 is 10.6 Å². The van der Waals surface area contributed by atoms with Crippen molar-refractivity contribution in [2.45, 2.75) is 52.1 Å². The molecule has 0 aliphatic carbocycles. The SMILES string of the molecule is Cc1ccccc1C(=O)NC(C(=O)NC(Cc1ccccc1)C(=O)N1CCCC1)C(C)C. The van der Waals surface area contributed by atoms with E-state index in [1.165, 1.54) is 0 Å². The van der Waals surface area contributed by atoms with Gasteiger partial charge >= 0.3 is 0 Å². The summed E-state index contributed by atoms with van der Waals surface area (Å²) in [5.41, 5.74) is 2.37. The van der Waals surface area contributed by atoms with Crippen LogP contribution in [0.4, 0.5) is 0 Å². The van der Waals surface area contributed by atoms with E-state index in [2.05, 4.69) is 10.6 Å². The van der Waals surface area contributed by atoms with Gasteiger partial charge in [0.2, 0.25) is 11.8 Å². The van der Waals surface area contributed by atoms with Crippen molar-refractivity contribution in [2.24, 2.45) is 5.92 Å². The Kier molecular flexibility index (Phi) is 8.03. The number of rotatable bonds is 8. The molecule has 3 rings (SSSR count). The van der Waals surface area contributed by atoms with E-state index in [4.69, 9.17) is 0 Å². The third-order valence-corrected chi connectivity index (χ3v) is 5.94. The molecular formula is C26H33N3O3. The van der Waals surface area contributed by atoms with E-state index >= 15 is 0 Å². The minimum atomic E-state index is -0.744. The second-order valence-electron chi connectivity index (χ2n) is 8.79. The van der Waals surface area contributed by atoms with Crippen LogP contribution in [-0.4, -0.2) is 47.8 Å². The lowest BCUT2D eigenvalue weighted by Gasteiger charge is -2.28. The van der Waals surface area contributed by atoms with Gasteiger partial charge in [0.1, 0.15) is 12.1 Å². The molecular weight excluding hydrogens is 402 g/mol. The van der Waals surface area contributed by atoms with Crippen molar-refractivity contribution >= 4 is 17.7 Å². The van der Waals surface area contributed by atoms with Crippen LogP contribution in [0, 0.1) is 12.8 Å². The Morgan fingerprint density at radius 2 is 1.53 bits per heavy atom. The number of hydrogen-bond donors (Lipinski definition) is 2. The lowest BCUT2D eigenvalue weighted by molar-refractivity contribution is -0.136. The van der Waals surface area contributed by atoms with Crippen molar-refractivity contribution in [1.29, 1.82) is 0 Å². The maximum atomic E-state index is 13.3. The molecule has 2 aromatic rings. The summed E-state index contributed by atoms with van der Waals surface area (Å²) >= 11 is 0. The summed E-state index contributed by atoms with van der Waals surface area (Å²) in [6.45, 7) is 7.08. The van der Waals surface area contributed by atoms with Crippen molar-refractivity contribution in [3.05, 3.63) is 71.3 Å². The minimum Gasteiger partial charge on any atom is -0.342 e. The summed E-state index contributed by atoms with van der Waals surface area (Å²) in [5.74, 6) is -0.826. The molecule has 2 N–H and O–H groups in total. The first-order valence-corrected chi connectivity index (χ1v) is 11.4. The highest BCUT2D eigenvalue weighted by Crippen LogP contribution is 2.14. The summed E-state index contributed by atoms with van der Waals surface area (Å²) in [6, 6.07) is 15.6. The zero-order valence-electron chi connectivity index (χ0n) is 19.1. The van der Waals surface area contributed by atoms with Gasteiger partial charge in [-0.1, -0.05) is 62.4 Å². The zero-order valence-corrected chi connectivity index (χ0v) is 19.1. The monoisotopic (exact) mass is 435 g/mol. The molecule has 170 valence electrons. The van der Waals surface area contributed by atoms with E-state index in [-0.39, 0.29) is 23.6 Å². The molecule has 6 nitrogen and oxygen atoms in total. The van der Waals surface area contributed by atoms with Gasteiger partial charge < -0.3 is 15.5 Å². The van der Waals surface area contributed by atoms with E-state index < -0.39 is 12.1 Å². The van der Waals surface area contributed by atoms with Gasteiger partial charge in [-0.05, 0) is 42.9 Å². The Morgan fingerprint density at radius 3 is 2.16 bits per heavy atom. The maximum Gasteiger partial charge on any atom is 0.252 e. The van der Waals surface area contributed by atoms with Crippen molar-refractivity contribution in [2.75, 3.05) is 13.1 Å². The minimum absolute atomic E-state index is 0.0626. The van der Waals surface area contributed by atoms with Crippen molar-refractivity contribution in [1.82, 2.24) is 15.5 Å². The quantitative estimate of drug-likeness (QED) is 0.669. The van der Waals surface area contributed by atoms with E-state index in [1.807, 2.05) is 68.1 Å². The first-order chi connectivity index (χ1) is 15.4. The van der Waals surface area contributed by atoms with E-state index in [0.717, 1.165) is 37.1 Å². The Bertz CT molecular complexity index is 936. The maximum absolute atomic E-state index is 13.3.